The summed E-state index contributed by atoms with van der Waals surface area (Å²) in [6, 6.07) is 30.2. The molecule has 0 radical (unpaired) electrons. The molecule has 0 unspecified atom stereocenters. The third-order valence-corrected chi connectivity index (χ3v) is 6.42. The van der Waals surface area contributed by atoms with Crippen LogP contribution in [-0.2, 0) is 6.42 Å². The second kappa shape index (κ2) is 12.8. The van der Waals surface area contributed by atoms with E-state index in [-0.39, 0.29) is 0 Å². The molecule has 1 heteroatoms. The van der Waals surface area contributed by atoms with Crippen LogP contribution in [0, 0.1) is 11.8 Å². The number of hydrogen-bond acceptors (Lipinski definition) is 1. The van der Waals surface area contributed by atoms with E-state index in [1.54, 1.807) is 0 Å². The lowest BCUT2D eigenvalue weighted by atomic mass is 10.0. The highest BCUT2D eigenvalue weighted by Gasteiger charge is 2.01. The van der Waals surface area contributed by atoms with Gasteiger partial charge in [0.2, 0.25) is 0 Å². The van der Waals surface area contributed by atoms with E-state index < -0.39 is 0 Å². The van der Waals surface area contributed by atoms with Gasteiger partial charge in [-0.1, -0.05) is 99.9 Å². The number of aryl methyl sites for hydroxylation is 1. The van der Waals surface area contributed by atoms with Gasteiger partial charge in [-0.15, -0.1) is 0 Å². The van der Waals surface area contributed by atoms with Crippen LogP contribution in [0.3, 0.4) is 0 Å². The van der Waals surface area contributed by atoms with Crippen LogP contribution in [0.2, 0.25) is 0 Å². The summed E-state index contributed by atoms with van der Waals surface area (Å²) in [5.74, 6) is 7.59. The Morgan fingerprint density at radius 3 is 1.91 bits per heavy atom. The Hall–Kier alpha value is -3.50. The summed E-state index contributed by atoms with van der Waals surface area (Å²) in [5, 5.41) is 2.37. The normalized spacial score (nSPS) is 10.7. The summed E-state index contributed by atoms with van der Waals surface area (Å²) in [6.07, 6.45) is 8.55. The maximum Gasteiger partial charge on any atom is 0.119 e. The molecule has 1 nitrogen and oxygen atoms in total. The van der Waals surface area contributed by atoms with Crippen LogP contribution in [-0.4, -0.2) is 6.61 Å². The van der Waals surface area contributed by atoms with Crippen LogP contribution in [0.15, 0.2) is 84.9 Å². The van der Waals surface area contributed by atoms with Crippen LogP contribution in [0.5, 0.6) is 5.75 Å². The van der Waals surface area contributed by atoms with Crippen molar-refractivity contribution in [1.29, 1.82) is 0 Å². The highest BCUT2D eigenvalue weighted by atomic mass is 16.5. The molecule has 178 valence electrons. The van der Waals surface area contributed by atoms with E-state index in [0.717, 1.165) is 29.9 Å². The number of ether oxygens (including phenoxy) is 1. The molecule has 0 saturated heterocycles. The molecule has 0 aliphatic carbocycles. The lowest BCUT2D eigenvalue weighted by molar-refractivity contribution is 0.306. The summed E-state index contributed by atoms with van der Waals surface area (Å²) in [7, 11) is 0. The van der Waals surface area contributed by atoms with E-state index in [4.69, 9.17) is 4.74 Å². The molecule has 0 aromatic heterocycles. The zero-order valence-electron chi connectivity index (χ0n) is 21.1. The van der Waals surface area contributed by atoms with E-state index in [2.05, 4.69) is 111 Å². The first-order valence-electron chi connectivity index (χ1n) is 13.1. The summed E-state index contributed by atoms with van der Waals surface area (Å²) in [4.78, 5) is 0. The zero-order valence-corrected chi connectivity index (χ0v) is 21.1. The monoisotopic (exact) mass is 460 g/mol. The molecule has 35 heavy (non-hydrogen) atoms. The van der Waals surface area contributed by atoms with Crippen LogP contribution >= 0.6 is 0 Å². The van der Waals surface area contributed by atoms with Gasteiger partial charge in [0.05, 0.1) is 6.61 Å². The fourth-order valence-electron chi connectivity index (χ4n) is 4.27. The SMILES string of the molecule is CCCCCOc1ccc2cc(C#Cc3ccc(-c4ccc(CCCCC)cc4)cc3)ccc2c1. The van der Waals surface area contributed by atoms with Crippen LogP contribution in [0.25, 0.3) is 21.9 Å². The quantitative estimate of drug-likeness (QED) is 0.169. The number of hydrogen-bond donors (Lipinski definition) is 0. The Balaban J connectivity index is 1.39. The molecular formula is C34H36O. The molecule has 0 bridgehead atoms. The third-order valence-electron chi connectivity index (χ3n) is 6.42. The maximum absolute atomic E-state index is 5.89. The highest BCUT2D eigenvalue weighted by Crippen LogP contribution is 2.23. The van der Waals surface area contributed by atoms with Crippen molar-refractivity contribution in [3.8, 4) is 28.7 Å². The molecule has 0 spiro atoms. The van der Waals surface area contributed by atoms with E-state index in [9.17, 15) is 0 Å². The van der Waals surface area contributed by atoms with Gasteiger partial charge in [0.15, 0.2) is 0 Å². The largest absolute Gasteiger partial charge is 0.494 e. The van der Waals surface area contributed by atoms with Gasteiger partial charge in [-0.3, -0.25) is 0 Å². The van der Waals surface area contributed by atoms with Crippen molar-refractivity contribution in [1.82, 2.24) is 0 Å². The minimum atomic E-state index is 0.784. The molecule has 0 atom stereocenters. The third kappa shape index (κ3) is 7.24. The smallest absolute Gasteiger partial charge is 0.119 e. The summed E-state index contributed by atoms with van der Waals surface area (Å²) < 4.78 is 5.89. The van der Waals surface area contributed by atoms with E-state index >= 15 is 0 Å². The molecule has 0 amide bonds. The maximum atomic E-state index is 5.89. The standard InChI is InChI=1S/C34H36O/c1-3-5-7-9-27-12-17-30(18-13-27)31-19-14-28(15-20-31)10-11-29-16-21-33-26-34(23-22-32(33)25-29)35-24-8-6-4-2/h12-23,25-26H,3-9,24H2,1-2H3. The van der Waals surface area contributed by atoms with Gasteiger partial charge in [-0.25, -0.2) is 0 Å². The second-order valence-corrected chi connectivity index (χ2v) is 9.26. The molecule has 0 aliphatic heterocycles. The Morgan fingerprint density at radius 1 is 0.571 bits per heavy atom. The lowest BCUT2D eigenvalue weighted by Crippen LogP contribution is -1.96. The van der Waals surface area contributed by atoms with Crippen LogP contribution < -0.4 is 4.74 Å². The van der Waals surface area contributed by atoms with E-state index in [0.29, 0.717) is 0 Å². The number of fused-ring (bicyclic) bond motifs is 1. The number of unbranched alkanes of at least 4 members (excludes halogenated alkanes) is 4. The molecular weight excluding hydrogens is 424 g/mol. The Morgan fingerprint density at radius 2 is 1.17 bits per heavy atom. The molecule has 4 aromatic carbocycles. The van der Waals surface area contributed by atoms with Gasteiger partial charge >= 0.3 is 0 Å². The minimum Gasteiger partial charge on any atom is -0.494 e. The first-order valence-corrected chi connectivity index (χ1v) is 13.1. The van der Waals surface area contributed by atoms with E-state index in [1.807, 2.05) is 0 Å². The van der Waals surface area contributed by atoms with Crippen molar-refractivity contribution in [3.05, 3.63) is 102 Å². The fourth-order valence-corrected chi connectivity index (χ4v) is 4.27. The Labute approximate surface area is 211 Å². The predicted octanol–water partition coefficient (Wildman–Crippen LogP) is 9.21. The van der Waals surface area contributed by atoms with Gasteiger partial charge < -0.3 is 4.74 Å². The molecule has 4 aromatic rings. The molecule has 4 rings (SSSR count). The van der Waals surface area contributed by atoms with Crippen molar-refractivity contribution in [2.45, 2.75) is 58.8 Å². The minimum absolute atomic E-state index is 0.784. The topological polar surface area (TPSA) is 9.23 Å². The van der Waals surface area contributed by atoms with Crippen molar-refractivity contribution >= 4 is 10.8 Å². The molecule has 0 heterocycles. The van der Waals surface area contributed by atoms with Crippen molar-refractivity contribution in [2.75, 3.05) is 6.61 Å². The van der Waals surface area contributed by atoms with Crippen molar-refractivity contribution in [3.63, 3.8) is 0 Å². The predicted molar refractivity (Wildman–Crippen MR) is 150 cm³/mol. The molecule has 0 saturated carbocycles. The highest BCUT2D eigenvalue weighted by molar-refractivity contribution is 5.85. The van der Waals surface area contributed by atoms with Gasteiger partial charge in [-0.2, -0.15) is 0 Å². The molecule has 0 N–H and O–H groups in total. The van der Waals surface area contributed by atoms with E-state index in [1.165, 1.54) is 66.0 Å². The summed E-state index contributed by atoms with van der Waals surface area (Å²) >= 11 is 0. The van der Waals surface area contributed by atoms with Crippen LogP contribution in [0.1, 0.15) is 69.1 Å². The van der Waals surface area contributed by atoms with Gasteiger partial charge in [0, 0.05) is 11.1 Å². The zero-order chi connectivity index (χ0) is 24.3. The molecule has 0 fully saturated rings. The first kappa shape index (κ1) is 24.6. The summed E-state index contributed by atoms with van der Waals surface area (Å²) in [5.41, 5.74) is 5.97. The first-order chi connectivity index (χ1) is 17.2. The second-order valence-electron chi connectivity index (χ2n) is 9.26. The lowest BCUT2D eigenvalue weighted by Gasteiger charge is -2.07. The molecule has 0 aliphatic rings. The number of rotatable bonds is 10. The fraction of sp³-hybridized carbons (Fsp3) is 0.294. The summed E-state index contributed by atoms with van der Waals surface area (Å²) in [6.45, 7) is 5.24. The average Bonchev–Trinajstić information content (AvgIpc) is 2.91. The van der Waals surface area contributed by atoms with Crippen LogP contribution in [0.4, 0.5) is 0 Å². The average molecular weight is 461 g/mol. The van der Waals surface area contributed by atoms with Gasteiger partial charge in [0.1, 0.15) is 5.75 Å². The Kier molecular flexibility index (Phi) is 9.02. The Bertz CT molecular complexity index is 1270. The van der Waals surface area contributed by atoms with Crippen molar-refractivity contribution < 1.29 is 4.74 Å². The van der Waals surface area contributed by atoms with Gasteiger partial charge in [-0.05, 0) is 83.1 Å². The van der Waals surface area contributed by atoms with Gasteiger partial charge in [0.25, 0.3) is 0 Å². The number of benzene rings is 4. The van der Waals surface area contributed by atoms with Crippen molar-refractivity contribution in [2.24, 2.45) is 0 Å².